The van der Waals surface area contributed by atoms with Crippen molar-refractivity contribution in [3.8, 4) is 22.4 Å². The Hall–Kier alpha value is -3.62. The maximum absolute atomic E-state index is 5.85. The van der Waals surface area contributed by atoms with E-state index >= 15 is 0 Å². The van der Waals surface area contributed by atoms with Crippen LogP contribution in [-0.2, 0) is 4.74 Å². The highest BCUT2D eigenvalue weighted by molar-refractivity contribution is 6.02. The Morgan fingerprint density at radius 1 is 0.842 bits per heavy atom. The fourth-order valence-corrected chi connectivity index (χ4v) is 7.34. The number of pyridine rings is 1. The largest absolute Gasteiger partial charge is 0.378 e. The van der Waals surface area contributed by atoms with Crippen molar-refractivity contribution in [3.63, 3.8) is 0 Å². The van der Waals surface area contributed by atoms with Gasteiger partial charge in [0.2, 0.25) is 0 Å². The number of nitrogens with zero attached hydrogens (tertiary/aromatic N) is 6. The molecular weight excluding hydrogens is 474 g/mol. The van der Waals surface area contributed by atoms with Gasteiger partial charge < -0.3 is 4.74 Å². The standard InChI is InChI=1S/C30H31N7O/c1-2-24(25-16-33-34-26(25)3-1)28-29(20-10-13-31-14-11-20)35-37-27(12-15-32-30(28)37)19-4-6-21(7-5-19)36-22-8-9-23(36)18-38-17-22/h1-3,10-16,19,21-23H,4-9,17-18H2,(H,33,34)/t19-,21-,22?,23?. The number of rotatable bonds is 4. The molecule has 4 aromatic heterocycles. The zero-order valence-electron chi connectivity index (χ0n) is 21.3. The van der Waals surface area contributed by atoms with Crippen LogP contribution in [0.15, 0.2) is 61.2 Å². The van der Waals surface area contributed by atoms with Crippen molar-refractivity contribution in [2.24, 2.45) is 0 Å². The molecule has 192 valence electrons. The fourth-order valence-electron chi connectivity index (χ4n) is 7.34. The first-order valence-corrected chi connectivity index (χ1v) is 13.9. The van der Waals surface area contributed by atoms with Crippen LogP contribution < -0.4 is 0 Å². The molecular formula is C30H31N7O. The monoisotopic (exact) mass is 505 g/mol. The molecule has 8 rings (SSSR count). The van der Waals surface area contributed by atoms with E-state index in [4.69, 9.17) is 14.8 Å². The summed E-state index contributed by atoms with van der Waals surface area (Å²) in [4.78, 5) is 12.0. The number of morpholine rings is 1. The molecule has 0 spiro atoms. The average Bonchev–Trinajstić information content (AvgIpc) is 3.67. The molecule has 2 bridgehead atoms. The molecule has 8 heteroatoms. The second-order valence-electron chi connectivity index (χ2n) is 11.1. The summed E-state index contributed by atoms with van der Waals surface area (Å²) in [6.45, 7) is 1.83. The zero-order valence-corrected chi connectivity index (χ0v) is 21.3. The number of aromatic amines is 1. The first-order chi connectivity index (χ1) is 18.8. The highest BCUT2D eigenvalue weighted by Crippen LogP contribution is 2.42. The predicted octanol–water partition coefficient (Wildman–Crippen LogP) is 5.22. The molecule has 2 aliphatic heterocycles. The van der Waals surface area contributed by atoms with Gasteiger partial charge in [-0.15, -0.1) is 0 Å². The summed E-state index contributed by atoms with van der Waals surface area (Å²) < 4.78 is 7.97. The van der Waals surface area contributed by atoms with E-state index in [-0.39, 0.29) is 0 Å². The van der Waals surface area contributed by atoms with Gasteiger partial charge in [-0.3, -0.25) is 15.0 Å². The smallest absolute Gasteiger partial charge is 0.163 e. The third-order valence-corrected chi connectivity index (χ3v) is 9.09. The molecule has 3 fully saturated rings. The van der Waals surface area contributed by atoms with Crippen molar-refractivity contribution >= 4 is 16.6 Å². The number of hydrogen-bond acceptors (Lipinski definition) is 6. The Labute approximate surface area is 221 Å². The molecule has 0 amide bonds. The zero-order chi connectivity index (χ0) is 25.1. The highest BCUT2D eigenvalue weighted by atomic mass is 16.5. The molecule has 2 saturated heterocycles. The van der Waals surface area contributed by atoms with Crippen molar-refractivity contribution in [2.75, 3.05) is 13.2 Å². The number of nitrogens with one attached hydrogen (secondary N) is 1. The van der Waals surface area contributed by atoms with Crippen LogP contribution in [0.4, 0.5) is 0 Å². The molecule has 1 aliphatic carbocycles. The second-order valence-corrected chi connectivity index (χ2v) is 11.1. The SMILES string of the molecule is c1cc(-c2c(-c3ccncc3)nn3c2nccc3[C@H]2CC[C@H](N3C4CCC3COC4)CC2)c2cn[nH]c2c1. The van der Waals surface area contributed by atoms with Gasteiger partial charge in [0.25, 0.3) is 0 Å². The lowest BCUT2D eigenvalue weighted by Crippen LogP contribution is -2.52. The lowest BCUT2D eigenvalue weighted by molar-refractivity contribution is -0.0443. The minimum absolute atomic E-state index is 0.471. The molecule has 2 atom stereocenters. The van der Waals surface area contributed by atoms with E-state index in [1.807, 2.05) is 36.9 Å². The molecule has 6 heterocycles. The molecule has 0 radical (unpaired) electrons. The fraction of sp³-hybridized carbons (Fsp3) is 0.400. The van der Waals surface area contributed by atoms with Crippen LogP contribution in [0.2, 0.25) is 0 Å². The van der Waals surface area contributed by atoms with E-state index < -0.39 is 0 Å². The molecule has 38 heavy (non-hydrogen) atoms. The third-order valence-electron chi connectivity index (χ3n) is 9.09. The maximum Gasteiger partial charge on any atom is 0.163 e. The van der Waals surface area contributed by atoms with Gasteiger partial charge >= 0.3 is 0 Å². The lowest BCUT2D eigenvalue weighted by Gasteiger charge is -2.43. The van der Waals surface area contributed by atoms with Gasteiger partial charge in [-0.25, -0.2) is 9.50 Å². The van der Waals surface area contributed by atoms with Crippen molar-refractivity contribution < 1.29 is 4.74 Å². The maximum atomic E-state index is 5.85. The number of aromatic nitrogens is 6. The topological polar surface area (TPSA) is 84.2 Å². The molecule has 2 unspecified atom stereocenters. The summed E-state index contributed by atoms with van der Waals surface area (Å²) in [6, 6.07) is 14.5. The van der Waals surface area contributed by atoms with Crippen molar-refractivity contribution in [2.45, 2.75) is 62.6 Å². The van der Waals surface area contributed by atoms with E-state index in [9.17, 15) is 0 Å². The minimum Gasteiger partial charge on any atom is -0.378 e. The Bertz CT molecular complexity index is 1590. The summed E-state index contributed by atoms with van der Waals surface area (Å²) in [5.74, 6) is 0.471. The quantitative estimate of drug-likeness (QED) is 0.360. The Morgan fingerprint density at radius 2 is 1.63 bits per heavy atom. The summed E-state index contributed by atoms with van der Waals surface area (Å²) in [7, 11) is 0. The van der Waals surface area contributed by atoms with Gasteiger partial charge in [0.05, 0.1) is 30.5 Å². The number of benzene rings is 1. The first kappa shape index (κ1) is 22.4. The van der Waals surface area contributed by atoms with E-state index in [1.54, 1.807) is 0 Å². The average molecular weight is 506 g/mol. The normalized spacial score (nSPS) is 25.9. The molecule has 3 aliphatic rings. The number of ether oxygens (including phenoxy) is 1. The van der Waals surface area contributed by atoms with Crippen LogP contribution in [0.25, 0.3) is 38.9 Å². The minimum atomic E-state index is 0.471. The van der Waals surface area contributed by atoms with Gasteiger partial charge in [0, 0.05) is 59.3 Å². The van der Waals surface area contributed by atoms with E-state index in [2.05, 4.69) is 48.9 Å². The predicted molar refractivity (Wildman–Crippen MR) is 146 cm³/mol. The third kappa shape index (κ3) is 3.50. The molecule has 5 aromatic rings. The Morgan fingerprint density at radius 3 is 2.45 bits per heavy atom. The van der Waals surface area contributed by atoms with Crippen LogP contribution in [0.5, 0.6) is 0 Å². The van der Waals surface area contributed by atoms with Gasteiger partial charge in [-0.1, -0.05) is 12.1 Å². The molecule has 8 nitrogen and oxygen atoms in total. The number of hydrogen-bond donors (Lipinski definition) is 1. The summed E-state index contributed by atoms with van der Waals surface area (Å²) >= 11 is 0. The van der Waals surface area contributed by atoms with E-state index in [1.165, 1.54) is 44.2 Å². The van der Waals surface area contributed by atoms with E-state index in [0.29, 0.717) is 24.0 Å². The van der Waals surface area contributed by atoms with Gasteiger partial charge in [0.1, 0.15) is 5.69 Å². The second kappa shape index (κ2) is 8.99. The summed E-state index contributed by atoms with van der Waals surface area (Å²) in [6.07, 6.45) is 15.0. The lowest BCUT2D eigenvalue weighted by atomic mass is 9.82. The highest BCUT2D eigenvalue weighted by Gasteiger charge is 2.42. The first-order valence-electron chi connectivity index (χ1n) is 13.9. The Balaban J connectivity index is 1.20. The van der Waals surface area contributed by atoms with Gasteiger partial charge in [-0.05, 0) is 68.4 Å². The van der Waals surface area contributed by atoms with Crippen molar-refractivity contribution in [3.05, 3.63) is 66.9 Å². The molecule has 1 N–H and O–H groups in total. The van der Waals surface area contributed by atoms with Crippen molar-refractivity contribution in [1.82, 2.24) is 34.7 Å². The van der Waals surface area contributed by atoms with Crippen LogP contribution in [-0.4, -0.2) is 66.0 Å². The van der Waals surface area contributed by atoms with Gasteiger partial charge in [0.15, 0.2) is 5.65 Å². The molecule has 1 saturated carbocycles. The van der Waals surface area contributed by atoms with Gasteiger partial charge in [-0.2, -0.15) is 10.2 Å². The summed E-state index contributed by atoms with van der Waals surface area (Å²) in [5, 5.41) is 13.7. The van der Waals surface area contributed by atoms with Crippen molar-refractivity contribution in [1.29, 1.82) is 0 Å². The van der Waals surface area contributed by atoms with Crippen LogP contribution in [0.3, 0.4) is 0 Å². The van der Waals surface area contributed by atoms with Crippen LogP contribution >= 0.6 is 0 Å². The van der Waals surface area contributed by atoms with Crippen LogP contribution in [0, 0.1) is 0 Å². The molecule has 1 aromatic carbocycles. The summed E-state index contributed by atoms with van der Waals surface area (Å²) in [5.41, 5.74) is 7.28. The van der Waals surface area contributed by atoms with Crippen LogP contribution in [0.1, 0.15) is 50.1 Å². The Kier molecular flexibility index (Phi) is 5.29. The number of H-pyrrole nitrogens is 1. The number of fused-ring (bicyclic) bond motifs is 4. The van der Waals surface area contributed by atoms with E-state index in [0.717, 1.165) is 52.1 Å².